The summed E-state index contributed by atoms with van der Waals surface area (Å²) in [6.07, 6.45) is 3.03. The fraction of sp³-hybridized carbons (Fsp3) is 0.417. The van der Waals surface area contributed by atoms with Crippen LogP contribution in [-0.4, -0.2) is 38.0 Å². The third-order valence-electron chi connectivity index (χ3n) is 6.19. The van der Waals surface area contributed by atoms with E-state index in [1.165, 1.54) is 6.07 Å². The van der Waals surface area contributed by atoms with Gasteiger partial charge in [-0.2, -0.15) is 0 Å². The van der Waals surface area contributed by atoms with Gasteiger partial charge in [0.2, 0.25) is 10.0 Å². The first-order valence-corrected chi connectivity index (χ1v) is 12.5. The van der Waals surface area contributed by atoms with Crippen molar-refractivity contribution in [2.24, 2.45) is 11.8 Å². The molecule has 2 aromatic carbocycles. The standard InChI is InChI=1S/C24H30N2O6S/c1-16-7-6-10-21(17(16)2)26-23(28)15-32-24(29)20-13-19(11-12-22(20)27)33(30,31)25-14-18-8-4-3-5-9-18/h3-5,8-9,11-13,16-17,21,25,27H,6-7,10,14-15H2,1-2H3,(H,26,28)/t16-,17-,21-/m1/s1. The molecule has 3 N–H and O–H groups in total. The molecule has 1 fully saturated rings. The Hall–Kier alpha value is -2.91. The van der Waals surface area contributed by atoms with E-state index in [1.807, 2.05) is 6.07 Å². The summed E-state index contributed by atoms with van der Waals surface area (Å²) in [5.41, 5.74) is 0.442. The first kappa shape index (κ1) is 24.7. The highest BCUT2D eigenvalue weighted by atomic mass is 32.2. The Morgan fingerprint density at radius 3 is 2.55 bits per heavy atom. The highest BCUT2D eigenvalue weighted by Gasteiger charge is 2.28. The molecule has 0 radical (unpaired) electrons. The lowest BCUT2D eigenvalue weighted by atomic mass is 9.78. The number of ether oxygens (including phenoxy) is 1. The number of sulfonamides is 1. The molecule has 0 aromatic heterocycles. The van der Waals surface area contributed by atoms with E-state index in [4.69, 9.17) is 4.74 Å². The van der Waals surface area contributed by atoms with E-state index in [0.717, 1.165) is 37.0 Å². The molecule has 33 heavy (non-hydrogen) atoms. The van der Waals surface area contributed by atoms with Crippen molar-refractivity contribution in [2.75, 3.05) is 6.61 Å². The van der Waals surface area contributed by atoms with Gasteiger partial charge < -0.3 is 15.2 Å². The van der Waals surface area contributed by atoms with Gasteiger partial charge in [-0.05, 0) is 42.0 Å². The molecule has 8 nitrogen and oxygen atoms in total. The van der Waals surface area contributed by atoms with Gasteiger partial charge in [0.25, 0.3) is 5.91 Å². The third kappa shape index (κ3) is 6.55. The largest absolute Gasteiger partial charge is 0.507 e. The molecular weight excluding hydrogens is 444 g/mol. The number of aromatic hydroxyl groups is 1. The van der Waals surface area contributed by atoms with Gasteiger partial charge >= 0.3 is 5.97 Å². The van der Waals surface area contributed by atoms with Crippen LogP contribution < -0.4 is 10.0 Å². The Balaban J connectivity index is 1.61. The quantitative estimate of drug-likeness (QED) is 0.506. The third-order valence-corrected chi connectivity index (χ3v) is 7.59. The topological polar surface area (TPSA) is 122 Å². The Morgan fingerprint density at radius 1 is 1.09 bits per heavy atom. The molecule has 1 aliphatic carbocycles. The molecule has 1 amide bonds. The summed E-state index contributed by atoms with van der Waals surface area (Å²) >= 11 is 0. The van der Waals surface area contributed by atoms with Gasteiger partial charge in [0, 0.05) is 12.6 Å². The van der Waals surface area contributed by atoms with Crippen molar-refractivity contribution in [3.63, 3.8) is 0 Å². The van der Waals surface area contributed by atoms with E-state index >= 15 is 0 Å². The minimum absolute atomic E-state index is 0.0255. The second kappa shape index (κ2) is 10.8. The number of phenolic OH excluding ortho intramolecular Hbond substituents is 1. The predicted molar refractivity (Wildman–Crippen MR) is 123 cm³/mol. The number of carbonyl (C=O) groups excluding carboxylic acids is 2. The van der Waals surface area contributed by atoms with E-state index < -0.39 is 34.3 Å². The molecule has 1 aliphatic rings. The monoisotopic (exact) mass is 474 g/mol. The van der Waals surface area contributed by atoms with Crippen molar-refractivity contribution in [1.29, 1.82) is 0 Å². The molecule has 0 saturated heterocycles. The number of nitrogens with one attached hydrogen (secondary N) is 2. The first-order valence-electron chi connectivity index (χ1n) is 11.0. The SMILES string of the molecule is C[C@@H]1[C@H](C)CCC[C@H]1NC(=O)COC(=O)c1cc(S(=O)(=O)NCc2ccccc2)ccc1O. The lowest BCUT2D eigenvalue weighted by molar-refractivity contribution is -0.125. The second-order valence-corrected chi connectivity index (χ2v) is 10.3. The summed E-state index contributed by atoms with van der Waals surface area (Å²) in [5, 5.41) is 13.0. The highest BCUT2D eigenvalue weighted by molar-refractivity contribution is 7.89. The fourth-order valence-corrected chi connectivity index (χ4v) is 4.99. The van der Waals surface area contributed by atoms with Gasteiger partial charge in [-0.1, -0.05) is 57.0 Å². The number of carbonyl (C=O) groups is 2. The van der Waals surface area contributed by atoms with Crippen LogP contribution in [0.25, 0.3) is 0 Å². The number of esters is 1. The summed E-state index contributed by atoms with van der Waals surface area (Å²) in [5.74, 6) is -1.01. The van der Waals surface area contributed by atoms with Crippen molar-refractivity contribution < 1.29 is 27.9 Å². The average Bonchev–Trinajstić information content (AvgIpc) is 2.80. The molecule has 1 saturated carbocycles. The average molecular weight is 475 g/mol. The fourth-order valence-electron chi connectivity index (χ4n) is 3.95. The summed E-state index contributed by atoms with van der Waals surface area (Å²) < 4.78 is 32.8. The van der Waals surface area contributed by atoms with Crippen molar-refractivity contribution in [3.8, 4) is 5.75 Å². The van der Waals surface area contributed by atoms with Crippen LogP contribution in [0.2, 0.25) is 0 Å². The van der Waals surface area contributed by atoms with Crippen molar-refractivity contribution in [2.45, 2.75) is 50.6 Å². The van der Waals surface area contributed by atoms with Crippen LogP contribution in [0.1, 0.15) is 49.0 Å². The maximum atomic E-state index is 12.6. The Kier molecular flexibility index (Phi) is 8.10. The van der Waals surface area contributed by atoms with Gasteiger partial charge in [-0.25, -0.2) is 17.9 Å². The molecule has 0 bridgehead atoms. The van der Waals surface area contributed by atoms with Gasteiger partial charge in [-0.15, -0.1) is 0 Å². The number of benzene rings is 2. The lowest BCUT2D eigenvalue weighted by Gasteiger charge is -2.34. The first-order chi connectivity index (χ1) is 15.7. The van der Waals surface area contributed by atoms with E-state index in [0.29, 0.717) is 11.8 Å². The van der Waals surface area contributed by atoms with Crippen LogP contribution in [0.5, 0.6) is 5.75 Å². The molecule has 9 heteroatoms. The second-order valence-electron chi connectivity index (χ2n) is 8.51. The molecule has 0 heterocycles. The van der Waals surface area contributed by atoms with Crippen molar-refractivity contribution in [3.05, 3.63) is 59.7 Å². The smallest absolute Gasteiger partial charge is 0.342 e. The summed E-state index contributed by atoms with van der Waals surface area (Å²) in [6.45, 7) is 3.80. The highest BCUT2D eigenvalue weighted by Crippen LogP contribution is 2.29. The number of hydrogen-bond donors (Lipinski definition) is 3. The number of hydrogen-bond acceptors (Lipinski definition) is 6. The minimum atomic E-state index is -3.94. The van der Waals surface area contributed by atoms with Crippen LogP contribution in [0.4, 0.5) is 0 Å². The van der Waals surface area contributed by atoms with Gasteiger partial charge in [-0.3, -0.25) is 4.79 Å². The van der Waals surface area contributed by atoms with Crippen molar-refractivity contribution in [1.82, 2.24) is 10.0 Å². The Labute approximate surface area is 194 Å². The van der Waals surface area contributed by atoms with Crippen LogP contribution >= 0.6 is 0 Å². The van der Waals surface area contributed by atoms with Crippen LogP contribution in [0.3, 0.4) is 0 Å². The zero-order valence-corrected chi connectivity index (χ0v) is 19.6. The normalized spacial score (nSPS) is 20.7. The van der Waals surface area contributed by atoms with Crippen molar-refractivity contribution >= 4 is 21.9 Å². The zero-order valence-electron chi connectivity index (χ0n) is 18.8. The van der Waals surface area contributed by atoms with Crippen LogP contribution in [-0.2, 0) is 26.1 Å². The molecular formula is C24H30N2O6S. The van der Waals surface area contributed by atoms with E-state index in [1.54, 1.807) is 24.3 Å². The number of amides is 1. The summed E-state index contributed by atoms with van der Waals surface area (Å²) in [6, 6.07) is 12.3. The van der Waals surface area contributed by atoms with Gasteiger partial charge in [0.1, 0.15) is 11.3 Å². The number of phenols is 1. The Bertz CT molecular complexity index is 1090. The molecule has 2 aromatic rings. The maximum Gasteiger partial charge on any atom is 0.342 e. The van der Waals surface area contributed by atoms with E-state index in [9.17, 15) is 23.1 Å². The molecule has 3 atom stereocenters. The maximum absolute atomic E-state index is 12.6. The Morgan fingerprint density at radius 2 is 1.82 bits per heavy atom. The van der Waals surface area contributed by atoms with Crippen LogP contribution in [0, 0.1) is 11.8 Å². The minimum Gasteiger partial charge on any atom is -0.507 e. The molecule has 0 spiro atoms. The van der Waals surface area contributed by atoms with Gasteiger partial charge in [0.05, 0.1) is 4.90 Å². The number of rotatable bonds is 8. The van der Waals surface area contributed by atoms with Crippen LogP contribution in [0.15, 0.2) is 53.4 Å². The van der Waals surface area contributed by atoms with E-state index in [-0.39, 0.29) is 23.0 Å². The predicted octanol–water partition coefficient (Wildman–Crippen LogP) is 2.97. The molecule has 3 rings (SSSR count). The van der Waals surface area contributed by atoms with E-state index in [2.05, 4.69) is 23.9 Å². The summed E-state index contributed by atoms with van der Waals surface area (Å²) in [7, 11) is -3.94. The zero-order chi connectivity index (χ0) is 24.0. The summed E-state index contributed by atoms with van der Waals surface area (Å²) in [4.78, 5) is 24.5. The lowest BCUT2D eigenvalue weighted by Crippen LogP contribution is -2.45. The molecule has 0 unspecified atom stereocenters. The van der Waals surface area contributed by atoms with Gasteiger partial charge in [0.15, 0.2) is 6.61 Å². The molecule has 0 aliphatic heterocycles. The molecule has 178 valence electrons.